The number of hydrogen-bond acceptors (Lipinski definition) is 3. The molecule has 110 valence electrons. The summed E-state index contributed by atoms with van der Waals surface area (Å²) < 4.78 is 28.5. The Kier molecular flexibility index (Phi) is 3.67. The molecule has 0 amide bonds. The van der Waals surface area contributed by atoms with E-state index in [0.29, 0.717) is 11.3 Å². The maximum atomic E-state index is 12.5. The molecular weight excluding hydrogens is 352 g/mol. The van der Waals surface area contributed by atoms with Gasteiger partial charge in [-0.15, -0.1) is 0 Å². The molecule has 0 bridgehead atoms. The molecule has 3 rings (SSSR count). The van der Waals surface area contributed by atoms with E-state index >= 15 is 0 Å². The van der Waals surface area contributed by atoms with E-state index in [0.717, 1.165) is 28.7 Å². The molecule has 1 heterocycles. The fourth-order valence-corrected chi connectivity index (χ4v) is 4.28. The Balaban J connectivity index is 1.94. The molecule has 0 fully saturated rings. The van der Waals surface area contributed by atoms with E-state index in [4.69, 9.17) is 0 Å². The van der Waals surface area contributed by atoms with Gasteiger partial charge >= 0.3 is 0 Å². The van der Waals surface area contributed by atoms with E-state index in [1.54, 1.807) is 25.1 Å². The van der Waals surface area contributed by atoms with Gasteiger partial charge in [-0.2, -0.15) is 0 Å². The first kappa shape index (κ1) is 14.4. The Hall–Kier alpha value is -1.53. The zero-order chi connectivity index (χ0) is 15.0. The summed E-state index contributed by atoms with van der Waals surface area (Å²) in [5.74, 6) is 0. The quantitative estimate of drug-likeness (QED) is 0.873. The zero-order valence-corrected chi connectivity index (χ0v) is 13.9. The van der Waals surface area contributed by atoms with Crippen LogP contribution in [0.2, 0.25) is 0 Å². The van der Waals surface area contributed by atoms with Gasteiger partial charge in [-0.25, -0.2) is 8.42 Å². The molecule has 0 unspecified atom stereocenters. The third kappa shape index (κ3) is 2.91. The largest absolute Gasteiger partial charge is 0.384 e. The highest BCUT2D eigenvalue weighted by Gasteiger charge is 2.18. The Morgan fingerprint density at radius 1 is 1.19 bits per heavy atom. The summed E-state index contributed by atoms with van der Waals surface area (Å²) in [4.78, 5) is 0.287. The van der Waals surface area contributed by atoms with Crippen LogP contribution in [0.15, 0.2) is 45.8 Å². The van der Waals surface area contributed by atoms with Gasteiger partial charge in [0.1, 0.15) is 0 Å². The van der Waals surface area contributed by atoms with Crippen molar-refractivity contribution in [1.82, 2.24) is 0 Å². The second kappa shape index (κ2) is 5.35. The summed E-state index contributed by atoms with van der Waals surface area (Å²) in [6, 6.07) is 10.8. The molecule has 0 atom stereocenters. The van der Waals surface area contributed by atoms with Gasteiger partial charge < -0.3 is 5.32 Å². The molecule has 0 aromatic heterocycles. The second-order valence-corrected chi connectivity index (χ2v) is 7.63. The summed E-state index contributed by atoms with van der Waals surface area (Å²) in [6.45, 7) is 2.68. The number of benzene rings is 2. The Morgan fingerprint density at radius 2 is 2.00 bits per heavy atom. The monoisotopic (exact) mass is 366 g/mol. The average Bonchev–Trinajstić information content (AvgIpc) is 2.88. The van der Waals surface area contributed by atoms with E-state index in [2.05, 4.69) is 26.0 Å². The van der Waals surface area contributed by atoms with Crippen molar-refractivity contribution in [2.45, 2.75) is 18.2 Å². The van der Waals surface area contributed by atoms with Crippen LogP contribution in [0.1, 0.15) is 11.1 Å². The zero-order valence-electron chi connectivity index (χ0n) is 11.5. The first-order valence-corrected chi connectivity index (χ1v) is 8.89. The lowest BCUT2D eigenvalue weighted by molar-refractivity contribution is 0.600. The molecule has 0 radical (unpaired) electrons. The molecule has 0 saturated carbocycles. The lowest BCUT2D eigenvalue weighted by Crippen LogP contribution is -2.14. The van der Waals surface area contributed by atoms with Crippen molar-refractivity contribution < 1.29 is 8.42 Å². The van der Waals surface area contributed by atoms with Crippen LogP contribution < -0.4 is 10.0 Å². The molecule has 2 aromatic carbocycles. The number of rotatable bonds is 3. The average molecular weight is 367 g/mol. The van der Waals surface area contributed by atoms with Crippen LogP contribution >= 0.6 is 15.9 Å². The van der Waals surface area contributed by atoms with Gasteiger partial charge in [0, 0.05) is 22.4 Å². The lowest BCUT2D eigenvalue weighted by atomic mass is 10.1. The minimum absolute atomic E-state index is 0.287. The van der Waals surface area contributed by atoms with Crippen LogP contribution in [0, 0.1) is 6.92 Å². The number of sulfonamides is 1. The first-order valence-electron chi connectivity index (χ1n) is 6.61. The van der Waals surface area contributed by atoms with Crippen molar-refractivity contribution in [1.29, 1.82) is 0 Å². The maximum absolute atomic E-state index is 12.5. The van der Waals surface area contributed by atoms with Gasteiger partial charge in [-0.1, -0.05) is 22.0 Å². The Labute approximate surface area is 132 Å². The SMILES string of the molecule is Cc1ccc(Br)cc1S(=O)(=O)Nc1ccc2c(c1)CCN2. The minimum Gasteiger partial charge on any atom is -0.384 e. The Morgan fingerprint density at radius 3 is 2.81 bits per heavy atom. The van der Waals surface area contributed by atoms with Crippen LogP contribution in [-0.2, 0) is 16.4 Å². The van der Waals surface area contributed by atoms with Gasteiger partial charge in [0.2, 0.25) is 0 Å². The number of anilines is 2. The maximum Gasteiger partial charge on any atom is 0.262 e. The third-order valence-electron chi connectivity index (χ3n) is 3.51. The molecule has 2 N–H and O–H groups in total. The van der Waals surface area contributed by atoms with E-state index in [1.165, 1.54) is 0 Å². The first-order chi connectivity index (χ1) is 9.95. The van der Waals surface area contributed by atoms with Crippen LogP contribution in [0.5, 0.6) is 0 Å². The number of aryl methyl sites for hydroxylation is 1. The molecule has 0 aliphatic carbocycles. The topological polar surface area (TPSA) is 58.2 Å². The van der Waals surface area contributed by atoms with Gasteiger partial charge in [-0.05, 0) is 54.8 Å². The molecule has 6 heteroatoms. The number of fused-ring (bicyclic) bond motifs is 1. The highest BCUT2D eigenvalue weighted by molar-refractivity contribution is 9.10. The van der Waals surface area contributed by atoms with Crippen molar-refractivity contribution in [2.75, 3.05) is 16.6 Å². The van der Waals surface area contributed by atoms with Crippen molar-refractivity contribution in [3.63, 3.8) is 0 Å². The number of nitrogens with one attached hydrogen (secondary N) is 2. The van der Waals surface area contributed by atoms with Crippen molar-refractivity contribution in [3.05, 3.63) is 52.0 Å². The lowest BCUT2D eigenvalue weighted by Gasteiger charge is -2.12. The van der Waals surface area contributed by atoms with Crippen LogP contribution in [-0.4, -0.2) is 15.0 Å². The van der Waals surface area contributed by atoms with E-state index < -0.39 is 10.0 Å². The molecule has 2 aromatic rings. The summed E-state index contributed by atoms with van der Waals surface area (Å²) in [5, 5.41) is 3.25. The van der Waals surface area contributed by atoms with E-state index in [9.17, 15) is 8.42 Å². The number of hydrogen-bond donors (Lipinski definition) is 2. The van der Waals surface area contributed by atoms with Crippen LogP contribution in [0.3, 0.4) is 0 Å². The predicted octanol–water partition coefficient (Wildman–Crippen LogP) is 3.53. The smallest absolute Gasteiger partial charge is 0.262 e. The molecule has 4 nitrogen and oxygen atoms in total. The van der Waals surface area contributed by atoms with Crippen molar-refractivity contribution in [3.8, 4) is 0 Å². The minimum atomic E-state index is -3.58. The molecule has 21 heavy (non-hydrogen) atoms. The molecule has 0 spiro atoms. The molecule has 1 aliphatic heterocycles. The fraction of sp³-hybridized carbons (Fsp3) is 0.200. The van der Waals surface area contributed by atoms with Crippen LogP contribution in [0.25, 0.3) is 0 Å². The van der Waals surface area contributed by atoms with E-state index in [-0.39, 0.29) is 4.90 Å². The summed E-state index contributed by atoms with van der Waals surface area (Å²) in [5.41, 5.74) is 3.53. The fourth-order valence-electron chi connectivity index (χ4n) is 2.44. The van der Waals surface area contributed by atoms with Crippen molar-refractivity contribution >= 4 is 37.3 Å². The molecular formula is C15H15BrN2O2S. The summed E-state index contributed by atoms with van der Waals surface area (Å²) in [7, 11) is -3.58. The standard InChI is InChI=1S/C15H15BrN2O2S/c1-10-2-3-12(16)9-15(10)21(19,20)18-13-4-5-14-11(8-13)6-7-17-14/h2-5,8-9,17-18H,6-7H2,1H3. The summed E-state index contributed by atoms with van der Waals surface area (Å²) >= 11 is 3.31. The Bertz CT molecular complexity index is 803. The number of halogens is 1. The highest BCUT2D eigenvalue weighted by Crippen LogP contribution is 2.28. The van der Waals surface area contributed by atoms with E-state index in [1.807, 2.05) is 18.2 Å². The molecule has 0 saturated heterocycles. The van der Waals surface area contributed by atoms with Gasteiger partial charge in [-0.3, -0.25) is 4.72 Å². The highest BCUT2D eigenvalue weighted by atomic mass is 79.9. The molecule has 1 aliphatic rings. The summed E-state index contributed by atoms with van der Waals surface area (Å²) in [6.07, 6.45) is 0.917. The van der Waals surface area contributed by atoms with Crippen molar-refractivity contribution in [2.24, 2.45) is 0 Å². The van der Waals surface area contributed by atoms with Gasteiger partial charge in [0.25, 0.3) is 10.0 Å². The van der Waals surface area contributed by atoms with Crippen LogP contribution in [0.4, 0.5) is 11.4 Å². The normalized spacial score (nSPS) is 13.6. The van der Waals surface area contributed by atoms with Gasteiger partial charge in [0.15, 0.2) is 0 Å². The third-order valence-corrected chi connectivity index (χ3v) is 5.52. The second-order valence-electron chi connectivity index (χ2n) is 5.06. The van der Waals surface area contributed by atoms with Gasteiger partial charge in [0.05, 0.1) is 4.90 Å². The predicted molar refractivity (Wildman–Crippen MR) is 88.3 cm³/mol.